The minimum atomic E-state index is -1.10. The summed E-state index contributed by atoms with van der Waals surface area (Å²) in [7, 11) is 4.53. The minimum absolute atomic E-state index is 0.0634. The molecular formula is C24H28O9. The molecule has 4 rings (SSSR count). The smallest absolute Gasteiger partial charge is 0.310 e. The topological polar surface area (TPSA) is 113 Å². The molecular weight excluding hydrogens is 432 g/mol. The van der Waals surface area contributed by atoms with Crippen LogP contribution in [0.4, 0.5) is 0 Å². The summed E-state index contributed by atoms with van der Waals surface area (Å²) in [6, 6.07) is 7.00. The van der Waals surface area contributed by atoms with Gasteiger partial charge in [-0.15, -0.1) is 0 Å². The molecule has 0 aromatic heterocycles. The highest BCUT2D eigenvalue weighted by Crippen LogP contribution is 2.53. The van der Waals surface area contributed by atoms with Crippen molar-refractivity contribution >= 4 is 5.97 Å². The van der Waals surface area contributed by atoms with Crippen molar-refractivity contribution < 1.29 is 43.4 Å². The second kappa shape index (κ2) is 9.36. The summed E-state index contributed by atoms with van der Waals surface area (Å²) < 4.78 is 32.9. The van der Waals surface area contributed by atoms with E-state index in [2.05, 4.69) is 0 Å². The number of fused-ring (bicyclic) bond motifs is 2. The standard InChI is InChI=1S/C24H28O9/c1-5-31-24(27)21-15(10-25)22(26)14-9-17-16(32-11-33-17)8-13(14)20(21)12-6-18(28-2)23(30-4)19(7-12)29-3/h6-9,15,20-22,25-26H,5,10-11H2,1-4H3/t15-,20+,21-,22-/m0/s1. The number of aliphatic hydroxyl groups is 2. The summed E-state index contributed by atoms with van der Waals surface area (Å²) in [5, 5.41) is 21.4. The van der Waals surface area contributed by atoms with E-state index in [1.54, 1.807) is 31.2 Å². The van der Waals surface area contributed by atoms with Crippen molar-refractivity contribution in [2.24, 2.45) is 11.8 Å². The number of rotatable bonds is 7. The lowest BCUT2D eigenvalue weighted by Crippen LogP contribution is -2.41. The van der Waals surface area contributed by atoms with E-state index in [9.17, 15) is 15.0 Å². The molecule has 33 heavy (non-hydrogen) atoms. The van der Waals surface area contributed by atoms with Crippen LogP contribution in [0, 0.1) is 11.8 Å². The molecule has 1 aliphatic heterocycles. The third kappa shape index (κ3) is 3.81. The lowest BCUT2D eigenvalue weighted by molar-refractivity contribution is -0.154. The maximum atomic E-state index is 13.2. The van der Waals surface area contributed by atoms with Gasteiger partial charge in [0.15, 0.2) is 23.0 Å². The van der Waals surface area contributed by atoms with E-state index in [1.807, 2.05) is 0 Å². The van der Waals surface area contributed by atoms with Crippen LogP contribution in [0.3, 0.4) is 0 Å². The van der Waals surface area contributed by atoms with Crippen molar-refractivity contribution in [1.82, 2.24) is 0 Å². The Hall–Kier alpha value is -3.17. The molecule has 2 aromatic rings. The number of benzene rings is 2. The van der Waals surface area contributed by atoms with Gasteiger partial charge in [0, 0.05) is 18.4 Å². The van der Waals surface area contributed by atoms with Gasteiger partial charge in [0.1, 0.15) is 0 Å². The Kier molecular flexibility index (Phi) is 6.53. The average Bonchev–Trinajstić information content (AvgIpc) is 3.29. The molecule has 0 bridgehead atoms. The van der Waals surface area contributed by atoms with Crippen LogP contribution in [0.5, 0.6) is 28.7 Å². The highest BCUT2D eigenvalue weighted by atomic mass is 16.7. The zero-order chi connectivity index (χ0) is 23.7. The van der Waals surface area contributed by atoms with Crippen molar-refractivity contribution in [3.05, 3.63) is 41.0 Å². The molecule has 2 aromatic carbocycles. The maximum Gasteiger partial charge on any atom is 0.310 e. The van der Waals surface area contributed by atoms with E-state index in [0.717, 1.165) is 0 Å². The second-order valence-corrected chi connectivity index (χ2v) is 7.84. The second-order valence-electron chi connectivity index (χ2n) is 7.84. The third-order valence-corrected chi connectivity index (χ3v) is 6.27. The number of aliphatic hydroxyl groups excluding tert-OH is 2. The fourth-order valence-corrected chi connectivity index (χ4v) is 4.80. The molecule has 4 atom stereocenters. The van der Waals surface area contributed by atoms with Gasteiger partial charge in [0.25, 0.3) is 0 Å². The van der Waals surface area contributed by atoms with Crippen molar-refractivity contribution in [2.75, 3.05) is 41.3 Å². The lowest BCUT2D eigenvalue weighted by atomic mass is 9.65. The Labute approximate surface area is 191 Å². The highest BCUT2D eigenvalue weighted by molar-refractivity contribution is 5.77. The number of ether oxygens (including phenoxy) is 6. The molecule has 178 valence electrons. The fraction of sp³-hybridized carbons (Fsp3) is 0.458. The summed E-state index contributed by atoms with van der Waals surface area (Å²) >= 11 is 0. The van der Waals surface area contributed by atoms with Gasteiger partial charge in [-0.05, 0) is 47.9 Å². The van der Waals surface area contributed by atoms with E-state index in [4.69, 9.17) is 28.4 Å². The molecule has 0 radical (unpaired) electrons. The van der Waals surface area contributed by atoms with Gasteiger partial charge in [0.05, 0.1) is 40.0 Å². The third-order valence-electron chi connectivity index (χ3n) is 6.27. The summed E-state index contributed by atoms with van der Waals surface area (Å²) in [6.07, 6.45) is -1.10. The predicted molar refractivity (Wildman–Crippen MR) is 116 cm³/mol. The minimum Gasteiger partial charge on any atom is -0.493 e. The quantitative estimate of drug-likeness (QED) is 0.602. The normalized spacial score (nSPS) is 23.0. The number of carbonyl (C=O) groups is 1. The number of carbonyl (C=O) groups excluding carboxylic acids is 1. The van der Waals surface area contributed by atoms with E-state index in [1.165, 1.54) is 21.3 Å². The molecule has 0 saturated carbocycles. The molecule has 0 unspecified atom stereocenters. The summed E-state index contributed by atoms with van der Waals surface area (Å²) in [5.74, 6) is -0.517. The molecule has 0 fully saturated rings. The van der Waals surface area contributed by atoms with Crippen LogP contribution >= 0.6 is 0 Å². The maximum absolute atomic E-state index is 13.2. The van der Waals surface area contributed by atoms with E-state index in [0.29, 0.717) is 45.4 Å². The first kappa shape index (κ1) is 23.0. The molecule has 0 spiro atoms. The molecule has 0 saturated heterocycles. The highest BCUT2D eigenvalue weighted by Gasteiger charge is 2.48. The Morgan fingerprint density at radius 1 is 1.00 bits per heavy atom. The molecule has 9 nitrogen and oxygen atoms in total. The van der Waals surface area contributed by atoms with Crippen LogP contribution in [0.25, 0.3) is 0 Å². The van der Waals surface area contributed by atoms with Gasteiger partial charge in [0.2, 0.25) is 12.5 Å². The molecule has 2 aliphatic rings. The number of hydrogen-bond donors (Lipinski definition) is 2. The molecule has 1 heterocycles. The lowest BCUT2D eigenvalue weighted by Gasteiger charge is -2.41. The van der Waals surface area contributed by atoms with Gasteiger partial charge in [-0.2, -0.15) is 0 Å². The molecule has 1 aliphatic carbocycles. The molecule has 2 N–H and O–H groups in total. The first-order valence-corrected chi connectivity index (χ1v) is 10.7. The summed E-state index contributed by atoms with van der Waals surface area (Å²) in [5.41, 5.74) is 1.90. The van der Waals surface area contributed by atoms with E-state index < -0.39 is 36.4 Å². The Morgan fingerprint density at radius 2 is 1.61 bits per heavy atom. The molecule has 0 amide bonds. The summed E-state index contributed by atoms with van der Waals surface area (Å²) in [6.45, 7) is 1.53. The first-order valence-electron chi connectivity index (χ1n) is 10.7. The van der Waals surface area contributed by atoms with Crippen molar-refractivity contribution in [3.8, 4) is 28.7 Å². The van der Waals surface area contributed by atoms with Crippen LogP contribution < -0.4 is 23.7 Å². The zero-order valence-electron chi connectivity index (χ0n) is 19.0. The van der Waals surface area contributed by atoms with Crippen LogP contribution in [-0.4, -0.2) is 57.5 Å². The number of methoxy groups -OCH3 is 3. The number of esters is 1. The zero-order valence-corrected chi connectivity index (χ0v) is 19.0. The Morgan fingerprint density at radius 3 is 2.12 bits per heavy atom. The SMILES string of the molecule is CCOC(=O)[C@@H]1[C@H](c2cc(OC)c(OC)c(OC)c2)c2cc3c(cc2[C@H](O)[C@H]1CO)OCO3. The molecule has 9 heteroatoms. The fourth-order valence-electron chi connectivity index (χ4n) is 4.80. The Bertz CT molecular complexity index is 1010. The number of hydrogen-bond acceptors (Lipinski definition) is 9. The Balaban J connectivity index is 1.98. The van der Waals surface area contributed by atoms with Crippen LogP contribution in [-0.2, 0) is 9.53 Å². The predicted octanol–water partition coefficient (Wildman–Crippen LogP) is 2.41. The van der Waals surface area contributed by atoms with Gasteiger partial charge in [-0.1, -0.05) is 0 Å². The van der Waals surface area contributed by atoms with Gasteiger partial charge < -0.3 is 38.6 Å². The van der Waals surface area contributed by atoms with Crippen molar-refractivity contribution in [2.45, 2.75) is 18.9 Å². The van der Waals surface area contributed by atoms with Gasteiger partial charge >= 0.3 is 5.97 Å². The van der Waals surface area contributed by atoms with Crippen molar-refractivity contribution in [1.29, 1.82) is 0 Å². The van der Waals surface area contributed by atoms with Gasteiger partial charge in [-0.25, -0.2) is 0 Å². The monoisotopic (exact) mass is 460 g/mol. The largest absolute Gasteiger partial charge is 0.493 e. The van der Waals surface area contributed by atoms with Crippen molar-refractivity contribution in [3.63, 3.8) is 0 Å². The average molecular weight is 460 g/mol. The van der Waals surface area contributed by atoms with Crippen LogP contribution in [0.1, 0.15) is 35.6 Å². The summed E-state index contributed by atoms with van der Waals surface area (Å²) in [4.78, 5) is 13.2. The van der Waals surface area contributed by atoms with Crippen LogP contribution in [0.15, 0.2) is 24.3 Å². The van der Waals surface area contributed by atoms with E-state index >= 15 is 0 Å². The van der Waals surface area contributed by atoms with Gasteiger partial charge in [-0.3, -0.25) is 4.79 Å². The first-order chi connectivity index (χ1) is 16.0. The van der Waals surface area contributed by atoms with E-state index in [-0.39, 0.29) is 13.4 Å². The van der Waals surface area contributed by atoms with Crippen LogP contribution in [0.2, 0.25) is 0 Å².